The molecule has 2 rings (SSSR count). The molecule has 1 amide bonds. The number of halogens is 2. The van der Waals surface area contributed by atoms with Crippen molar-refractivity contribution in [3.63, 3.8) is 0 Å². The minimum absolute atomic E-state index is 0.0593. The van der Waals surface area contributed by atoms with Crippen LogP contribution in [0.3, 0.4) is 0 Å². The van der Waals surface area contributed by atoms with E-state index in [1.807, 2.05) is 0 Å². The molecule has 2 aromatic carbocycles. The Labute approximate surface area is 124 Å². The van der Waals surface area contributed by atoms with Crippen LogP contribution < -0.4 is 5.32 Å². The summed E-state index contributed by atoms with van der Waals surface area (Å²) in [6.45, 7) is -0.0593. The summed E-state index contributed by atoms with van der Waals surface area (Å²) in [6, 6.07) is 12.0. The Hall–Kier alpha value is -1.36. The second kappa shape index (κ2) is 6.19. The van der Waals surface area contributed by atoms with Crippen LogP contribution in [0.5, 0.6) is 0 Å². The fourth-order valence-electron chi connectivity index (χ4n) is 1.59. The fourth-order valence-corrected chi connectivity index (χ4v) is 2.08. The SMILES string of the molecule is O=C(Nc1cccc(CO)c1)c1ccc(Cl)c(Br)c1. The van der Waals surface area contributed by atoms with Crippen molar-refractivity contribution < 1.29 is 9.90 Å². The molecule has 0 aliphatic heterocycles. The van der Waals surface area contributed by atoms with Crippen LogP contribution in [0.25, 0.3) is 0 Å². The van der Waals surface area contributed by atoms with E-state index in [-0.39, 0.29) is 12.5 Å². The molecule has 0 spiro atoms. The highest BCUT2D eigenvalue weighted by Crippen LogP contribution is 2.23. The predicted molar refractivity (Wildman–Crippen MR) is 79.5 cm³/mol. The minimum atomic E-state index is -0.229. The smallest absolute Gasteiger partial charge is 0.255 e. The molecule has 0 bridgehead atoms. The van der Waals surface area contributed by atoms with Gasteiger partial charge in [0.1, 0.15) is 0 Å². The first-order chi connectivity index (χ1) is 9.10. The van der Waals surface area contributed by atoms with Gasteiger partial charge in [0.15, 0.2) is 0 Å². The summed E-state index contributed by atoms with van der Waals surface area (Å²) in [5.41, 5.74) is 1.89. The van der Waals surface area contributed by atoms with Gasteiger partial charge in [-0.15, -0.1) is 0 Å². The molecule has 98 valence electrons. The van der Waals surface area contributed by atoms with E-state index in [4.69, 9.17) is 16.7 Å². The number of benzene rings is 2. The van der Waals surface area contributed by atoms with E-state index in [1.165, 1.54) is 0 Å². The topological polar surface area (TPSA) is 49.3 Å². The zero-order valence-electron chi connectivity index (χ0n) is 9.86. The Balaban J connectivity index is 2.18. The highest BCUT2D eigenvalue weighted by molar-refractivity contribution is 9.10. The summed E-state index contributed by atoms with van der Waals surface area (Å²) in [4.78, 5) is 12.0. The van der Waals surface area contributed by atoms with Gasteiger partial charge < -0.3 is 10.4 Å². The Morgan fingerprint density at radius 2 is 2.05 bits per heavy atom. The van der Waals surface area contributed by atoms with Gasteiger partial charge in [0.05, 0.1) is 11.6 Å². The number of nitrogens with one attached hydrogen (secondary N) is 1. The van der Waals surface area contributed by atoms with Gasteiger partial charge in [0, 0.05) is 15.7 Å². The summed E-state index contributed by atoms with van der Waals surface area (Å²) < 4.78 is 0.672. The molecule has 0 saturated carbocycles. The van der Waals surface area contributed by atoms with E-state index < -0.39 is 0 Å². The largest absolute Gasteiger partial charge is 0.392 e. The molecule has 3 nitrogen and oxygen atoms in total. The predicted octanol–water partition coefficient (Wildman–Crippen LogP) is 3.85. The van der Waals surface area contributed by atoms with E-state index in [2.05, 4.69) is 21.2 Å². The fraction of sp³-hybridized carbons (Fsp3) is 0.0714. The maximum absolute atomic E-state index is 12.0. The molecule has 5 heteroatoms. The number of hydrogen-bond donors (Lipinski definition) is 2. The van der Waals surface area contributed by atoms with Gasteiger partial charge in [0.25, 0.3) is 5.91 Å². The first-order valence-corrected chi connectivity index (χ1v) is 6.73. The van der Waals surface area contributed by atoms with E-state index in [9.17, 15) is 4.79 Å². The molecule has 2 N–H and O–H groups in total. The maximum atomic E-state index is 12.0. The number of aliphatic hydroxyl groups is 1. The number of anilines is 1. The van der Waals surface area contributed by atoms with Crippen LogP contribution >= 0.6 is 27.5 Å². The summed E-state index contributed by atoms with van der Waals surface area (Å²) in [5, 5.41) is 12.4. The van der Waals surface area contributed by atoms with Crippen molar-refractivity contribution in [1.82, 2.24) is 0 Å². The lowest BCUT2D eigenvalue weighted by atomic mass is 10.2. The normalized spacial score (nSPS) is 10.3. The molecule has 0 heterocycles. The third-order valence-corrected chi connectivity index (χ3v) is 3.76. The van der Waals surface area contributed by atoms with Crippen LogP contribution in [0.4, 0.5) is 5.69 Å². The van der Waals surface area contributed by atoms with Crippen molar-refractivity contribution in [2.75, 3.05) is 5.32 Å². The van der Waals surface area contributed by atoms with Crippen LogP contribution in [0.1, 0.15) is 15.9 Å². The van der Waals surface area contributed by atoms with Gasteiger partial charge >= 0.3 is 0 Å². The van der Waals surface area contributed by atoms with E-state index in [0.29, 0.717) is 20.7 Å². The van der Waals surface area contributed by atoms with Crippen molar-refractivity contribution in [2.24, 2.45) is 0 Å². The molecule has 0 unspecified atom stereocenters. The third-order valence-electron chi connectivity index (χ3n) is 2.55. The summed E-state index contributed by atoms with van der Waals surface area (Å²) in [7, 11) is 0. The molecule has 19 heavy (non-hydrogen) atoms. The number of carbonyl (C=O) groups is 1. The zero-order valence-corrected chi connectivity index (χ0v) is 12.2. The monoisotopic (exact) mass is 339 g/mol. The Bertz CT molecular complexity index is 616. The average molecular weight is 341 g/mol. The second-order valence-electron chi connectivity index (χ2n) is 3.94. The first-order valence-electron chi connectivity index (χ1n) is 5.56. The molecular weight excluding hydrogens is 330 g/mol. The number of aliphatic hydroxyl groups excluding tert-OH is 1. The van der Waals surface area contributed by atoms with Crippen LogP contribution in [-0.2, 0) is 6.61 Å². The molecular formula is C14H11BrClNO2. The van der Waals surface area contributed by atoms with Crippen LogP contribution in [0, 0.1) is 0 Å². The second-order valence-corrected chi connectivity index (χ2v) is 5.20. The van der Waals surface area contributed by atoms with Crippen LogP contribution in [0.15, 0.2) is 46.9 Å². The number of amides is 1. The molecule has 0 fully saturated rings. The molecule has 0 aliphatic rings. The Morgan fingerprint density at radius 1 is 1.26 bits per heavy atom. The molecule has 0 atom stereocenters. The standard InChI is InChI=1S/C14H11BrClNO2/c15-12-7-10(4-5-13(12)16)14(19)17-11-3-1-2-9(6-11)8-18/h1-7,18H,8H2,(H,17,19). The molecule has 2 aromatic rings. The molecule has 0 radical (unpaired) electrons. The van der Waals surface area contributed by atoms with Gasteiger partial charge in [-0.05, 0) is 51.8 Å². The zero-order chi connectivity index (χ0) is 13.8. The molecule has 0 aliphatic carbocycles. The third kappa shape index (κ3) is 3.56. The number of carbonyl (C=O) groups excluding carboxylic acids is 1. The van der Waals surface area contributed by atoms with E-state index >= 15 is 0 Å². The quantitative estimate of drug-likeness (QED) is 0.891. The van der Waals surface area contributed by atoms with Crippen molar-refractivity contribution >= 4 is 39.1 Å². The maximum Gasteiger partial charge on any atom is 0.255 e. The van der Waals surface area contributed by atoms with Gasteiger partial charge in [0.2, 0.25) is 0 Å². The summed E-state index contributed by atoms with van der Waals surface area (Å²) in [5.74, 6) is -0.229. The van der Waals surface area contributed by atoms with Gasteiger partial charge in [-0.2, -0.15) is 0 Å². The Kier molecular flexibility index (Phi) is 4.58. The van der Waals surface area contributed by atoms with Crippen molar-refractivity contribution in [2.45, 2.75) is 6.61 Å². The van der Waals surface area contributed by atoms with Gasteiger partial charge in [-0.1, -0.05) is 23.7 Å². The van der Waals surface area contributed by atoms with Crippen LogP contribution in [-0.4, -0.2) is 11.0 Å². The van der Waals surface area contributed by atoms with E-state index in [0.717, 1.165) is 5.56 Å². The first kappa shape index (κ1) is 14.1. The lowest BCUT2D eigenvalue weighted by Crippen LogP contribution is -2.12. The summed E-state index contributed by atoms with van der Waals surface area (Å²) in [6.07, 6.45) is 0. The lowest BCUT2D eigenvalue weighted by molar-refractivity contribution is 0.102. The number of rotatable bonds is 3. The van der Waals surface area contributed by atoms with E-state index in [1.54, 1.807) is 42.5 Å². The molecule has 0 saturated heterocycles. The Morgan fingerprint density at radius 3 is 2.74 bits per heavy atom. The molecule has 0 aromatic heterocycles. The average Bonchev–Trinajstić information content (AvgIpc) is 2.42. The van der Waals surface area contributed by atoms with Crippen molar-refractivity contribution in [3.05, 3.63) is 63.1 Å². The number of hydrogen-bond acceptors (Lipinski definition) is 2. The lowest BCUT2D eigenvalue weighted by Gasteiger charge is -2.07. The highest BCUT2D eigenvalue weighted by atomic mass is 79.9. The summed E-state index contributed by atoms with van der Waals surface area (Å²) >= 11 is 9.16. The van der Waals surface area contributed by atoms with Gasteiger partial charge in [-0.25, -0.2) is 0 Å². The van der Waals surface area contributed by atoms with Gasteiger partial charge in [-0.3, -0.25) is 4.79 Å². The van der Waals surface area contributed by atoms with Crippen molar-refractivity contribution in [3.8, 4) is 0 Å². The minimum Gasteiger partial charge on any atom is -0.392 e. The highest BCUT2D eigenvalue weighted by Gasteiger charge is 2.08. The van der Waals surface area contributed by atoms with Crippen LogP contribution in [0.2, 0.25) is 5.02 Å². The van der Waals surface area contributed by atoms with Crippen molar-refractivity contribution in [1.29, 1.82) is 0 Å².